The van der Waals surface area contributed by atoms with Gasteiger partial charge in [0.1, 0.15) is 18.0 Å². The summed E-state index contributed by atoms with van der Waals surface area (Å²) < 4.78 is 4.26. The topological polar surface area (TPSA) is 107 Å². The highest BCUT2D eigenvalue weighted by Crippen LogP contribution is 1.97. The van der Waals surface area contributed by atoms with Crippen molar-refractivity contribution in [2.24, 2.45) is 5.10 Å². The minimum atomic E-state index is -0.760. The number of carbonyl (C=O) groups excluding carboxylic acids is 2. The Bertz CT molecular complexity index is 407. The number of hydrogen-bond donors (Lipinski definition) is 2. The lowest BCUT2D eigenvalue weighted by atomic mass is 10.3. The molecule has 2 N–H and O–H groups in total. The second-order valence-electron chi connectivity index (χ2n) is 3.21. The first-order valence-corrected chi connectivity index (χ1v) is 5.61. The second kappa shape index (κ2) is 9.47. The summed E-state index contributed by atoms with van der Waals surface area (Å²) in [5.41, 5.74) is 1.94. The first-order valence-electron chi connectivity index (χ1n) is 5.61. The summed E-state index contributed by atoms with van der Waals surface area (Å²) in [4.78, 5) is 24.0. The molecule has 0 bridgehead atoms. The Labute approximate surface area is 111 Å². The lowest BCUT2D eigenvalue weighted by Crippen LogP contribution is -2.27. The molecule has 0 radical (unpaired) electrons. The van der Waals surface area contributed by atoms with Gasteiger partial charge in [0, 0.05) is 19.3 Å². The van der Waals surface area contributed by atoms with E-state index in [0.29, 0.717) is 13.1 Å². The molecule has 8 heteroatoms. The van der Waals surface area contributed by atoms with Crippen LogP contribution in [-0.2, 0) is 9.53 Å². The van der Waals surface area contributed by atoms with E-state index in [-0.39, 0.29) is 5.57 Å². The van der Waals surface area contributed by atoms with Gasteiger partial charge in [0.2, 0.25) is 0 Å². The smallest absolute Gasteiger partial charge is 0.427 e. The molecular weight excluding hydrogens is 250 g/mol. The molecular formula is C11H17N5O3. The highest BCUT2D eigenvalue weighted by molar-refractivity contribution is 6.02. The molecule has 0 unspecified atom stereocenters. The van der Waals surface area contributed by atoms with Gasteiger partial charge in [-0.1, -0.05) is 0 Å². The van der Waals surface area contributed by atoms with Crippen molar-refractivity contribution in [3.63, 3.8) is 0 Å². The van der Waals surface area contributed by atoms with E-state index >= 15 is 0 Å². The number of rotatable bonds is 6. The van der Waals surface area contributed by atoms with Crippen LogP contribution in [0.25, 0.3) is 0 Å². The van der Waals surface area contributed by atoms with Crippen molar-refractivity contribution >= 4 is 18.3 Å². The van der Waals surface area contributed by atoms with Gasteiger partial charge in [-0.3, -0.25) is 4.79 Å². The van der Waals surface area contributed by atoms with Crippen molar-refractivity contribution in [1.82, 2.24) is 15.6 Å². The van der Waals surface area contributed by atoms with Crippen LogP contribution in [0.15, 0.2) is 16.9 Å². The number of methoxy groups -OCH3 is 1. The predicted octanol–water partition coefficient (Wildman–Crippen LogP) is 0.151. The lowest BCUT2D eigenvalue weighted by molar-refractivity contribution is -0.115. The number of hydrogen-bond acceptors (Lipinski definition) is 6. The molecule has 104 valence electrons. The third kappa shape index (κ3) is 6.68. The van der Waals surface area contributed by atoms with Crippen molar-refractivity contribution in [1.29, 1.82) is 5.26 Å². The summed E-state index contributed by atoms with van der Waals surface area (Å²) in [7, 11) is 1.18. The number of carbonyl (C=O) groups is 2. The maximum atomic E-state index is 11.6. The molecule has 0 spiro atoms. The van der Waals surface area contributed by atoms with Crippen LogP contribution >= 0.6 is 0 Å². The molecule has 0 aliphatic rings. The first kappa shape index (κ1) is 16.4. The van der Waals surface area contributed by atoms with Crippen LogP contribution in [0.2, 0.25) is 0 Å². The van der Waals surface area contributed by atoms with Crippen LogP contribution in [0, 0.1) is 11.3 Å². The van der Waals surface area contributed by atoms with E-state index < -0.39 is 12.0 Å². The summed E-state index contributed by atoms with van der Waals surface area (Å²) in [5, 5.41) is 14.5. The molecule has 8 nitrogen and oxygen atoms in total. The zero-order valence-electron chi connectivity index (χ0n) is 11.1. The molecule has 0 heterocycles. The van der Waals surface area contributed by atoms with E-state index in [9.17, 15) is 9.59 Å². The lowest BCUT2D eigenvalue weighted by Gasteiger charge is -2.15. The number of amides is 2. The van der Waals surface area contributed by atoms with E-state index in [0.717, 1.165) is 6.34 Å². The van der Waals surface area contributed by atoms with Crippen LogP contribution in [0.4, 0.5) is 4.79 Å². The molecule has 19 heavy (non-hydrogen) atoms. The van der Waals surface area contributed by atoms with Gasteiger partial charge in [-0.05, 0) is 13.8 Å². The Balaban J connectivity index is 4.46. The number of nitriles is 1. The average molecular weight is 267 g/mol. The monoisotopic (exact) mass is 267 g/mol. The predicted molar refractivity (Wildman–Crippen MR) is 68.8 cm³/mol. The molecule has 0 fully saturated rings. The first-order chi connectivity index (χ1) is 9.08. The molecule has 0 saturated heterocycles. The fourth-order valence-corrected chi connectivity index (χ4v) is 1.03. The minimum Gasteiger partial charge on any atom is -0.452 e. The van der Waals surface area contributed by atoms with Gasteiger partial charge >= 0.3 is 6.09 Å². The van der Waals surface area contributed by atoms with Crippen molar-refractivity contribution in [3.8, 4) is 6.07 Å². The van der Waals surface area contributed by atoms with Gasteiger partial charge in [0.15, 0.2) is 0 Å². The fraction of sp³-hybridized carbons (Fsp3) is 0.455. The molecule has 0 aromatic heterocycles. The average Bonchev–Trinajstić information content (AvgIpc) is 2.44. The molecule has 0 aromatic rings. The Kier molecular flexibility index (Phi) is 8.19. The summed E-state index contributed by atoms with van der Waals surface area (Å²) in [6.45, 7) is 5.20. The van der Waals surface area contributed by atoms with Crippen molar-refractivity contribution in [2.45, 2.75) is 13.8 Å². The van der Waals surface area contributed by atoms with Gasteiger partial charge in [0.05, 0.1) is 7.11 Å². The van der Waals surface area contributed by atoms with Crippen molar-refractivity contribution in [2.75, 3.05) is 20.2 Å². The van der Waals surface area contributed by atoms with E-state index in [2.05, 4.69) is 15.2 Å². The minimum absolute atomic E-state index is 0.0479. The Hall–Kier alpha value is -2.56. The van der Waals surface area contributed by atoms with Gasteiger partial charge in [-0.25, -0.2) is 10.2 Å². The normalized spacial score (nSPS) is 10.7. The summed E-state index contributed by atoms with van der Waals surface area (Å²) in [5.74, 6) is -0.607. The molecule has 0 aliphatic carbocycles. The SMILES string of the molecule is CCN(C=C(C#N)C(=O)NC=NNC(=O)OC)CC. The van der Waals surface area contributed by atoms with Crippen molar-refractivity contribution in [3.05, 3.63) is 11.8 Å². The number of hydrazone groups is 1. The van der Waals surface area contributed by atoms with Crippen molar-refractivity contribution < 1.29 is 14.3 Å². The van der Waals surface area contributed by atoms with E-state index in [1.807, 2.05) is 24.2 Å². The molecule has 0 aromatic carbocycles. The molecule has 0 saturated carbocycles. The van der Waals surface area contributed by atoms with Crippen LogP contribution in [-0.4, -0.2) is 43.4 Å². The Morgan fingerprint density at radius 3 is 2.53 bits per heavy atom. The van der Waals surface area contributed by atoms with Gasteiger partial charge < -0.3 is 15.0 Å². The van der Waals surface area contributed by atoms with Crippen LogP contribution < -0.4 is 10.7 Å². The van der Waals surface area contributed by atoms with E-state index in [1.165, 1.54) is 13.3 Å². The molecule has 0 rings (SSSR count). The van der Waals surface area contributed by atoms with Gasteiger partial charge in [-0.15, -0.1) is 0 Å². The maximum absolute atomic E-state index is 11.6. The highest BCUT2D eigenvalue weighted by Gasteiger charge is 2.08. The molecule has 2 amide bonds. The van der Waals surface area contributed by atoms with Gasteiger partial charge in [0.25, 0.3) is 5.91 Å². The number of ether oxygens (including phenoxy) is 1. The zero-order valence-corrected chi connectivity index (χ0v) is 11.1. The summed E-state index contributed by atoms with van der Waals surface area (Å²) in [6, 6.07) is 1.80. The van der Waals surface area contributed by atoms with E-state index in [4.69, 9.17) is 5.26 Å². The third-order valence-corrected chi connectivity index (χ3v) is 2.09. The largest absolute Gasteiger partial charge is 0.452 e. The molecule has 0 atom stereocenters. The standard InChI is InChI=1S/C11H17N5O3/c1-4-16(5-2)7-9(6-12)10(17)13-8-14-15-11(18)19-3/h7-8H,4-5H2,1-3H3,(H,15,18)(H,13,14,17). The zero-order chi connectivity index (χ0) is 14.7. The number of nitrogens with zero attached hydrogens (tertiary/aromatic N) is 3. The number of nitrogens with one attached hydrogen (secondary N) is 2. The summed E-state index contributed by atoms with van der Waals surface area (Å²) >= 11 is 0. The fourth-order valence-electron chi connectivity index (χ4n) is 1.03. The third-order valence-electron chi connectivity index (χ3n) is 2.09. The van der Waals surface area contributed by atoms with E-state index in [1.54, 1.807) is 6.07 Å². The second-order valence-corrected chi connectivity index (χ2v) is 3.21. The Morgan fingerprint density at radius 1 is 1.42 bits per heavy atom. The summed E-state index contributed by atoms with van der Waals surface area (Å²) in [6.07, 6.45) is 1.67. The maximum Gasteiger partial charge on any atom is 0.427 e. The van der Waals surface area contributed by atoms with Crippen LogP contribution in [0.3, 0.4) is 0 Å². The quantitative estimate of drug-likeness (QED) is 0.234. The highest BCUT2D eigenvalue weighted by atomic mass is 16.5. The Morgan fingerprint density at radius 2 is 2.05 bits per heavy atom. The van der Waals surface area contributed by atoms with Crippen LogP contribution in [0.1, 0.15) is 13.8 Å². The molecule has 0 aliphatic heterocycles. The van der Waals surface area contributed by atoms with Crippen LogP contribution in [0.5, 0.6) is 0 Å². The van der Waals surface area contributed by atoms with Gasteiger partial charge in [-0.2, -0.15) is 10.4 Å².